The van der Waals surface area contributed by atoms with Gasteiger partial charge in [-0.15, -0.1) is 0 Å². The van der Waals surface area contributed by atoms with E-state index in [1.165, 1.54) is 21.2 Å². The molecule has 2 saturated heterocycles. The predicted octanol–water partition coefficient (Wildman–Crippen LogP) is 7.17. The number of piperazine rings is 1. The first-order valence-corrected chi connectivity index (χ1v) is 20.9. The molecule has 3 aliphatic rings. The molecular formula is C39H51FN6O3Si. The van der Waals surface area contributed by atoms with E-state index in [2.05, 4.69) is 99.8 Å². The molecular weight excluding hydrogens is 648 g/mol. The van der Waals surface area contributed by atoms with E-state index >= 15 is 0 Å². The van der Waals surface area contributed by atoms with Gasteiger partial charge in [-0.3, -0.25) is 4.79 Å². The number of hydrogen-bond donors (Lipinski definition) is 0. The first kappa shape index (κ1) is 35.8. The highest BCUT2D eigenvalue weighted by atomic mass is 28.4. The number of nitrogens with zero attached hydrogens (tertiary/aromatic N) is 6. The fraction of sp³-hybridized carbons (Fsp3) is 0.538. The average molecular weight is 699 g/mol. The maximum absolute atomic E-state index is 13.9. The molecule has 0 radical (unpaired) electrons. The summed E-state index contributed by atoms with van der Waals surface area (Å²) >= 11 is 0. The van der Waals surface area contributed by atoms with Crippen LogP contribution in [0.25, 0.3) is 10.8 Å². The number of fused-ring (bicyclic) bond motifs is 2. The van der Waals surface area contributed by atoms with Crippen LogP contribution in [0.4, 0.5) is 10.2 Å². The molecule has 1 aromatic heterocycles. The Morgan fingerprint density at radius 1 is 1.12 bits per heavy atom. The van der Waals surface area contributed by atoms with Gasteiger partial charge in [-0.25, -0.2) is 4.39 Å². The SMILES string of the molecule is C=C(F)C(=O)N1CCN(c2nc(OCC3CCCN3C)nc3c2CCC(c2cc(O[Si](C)(C)C(C)(C)C)cc4ccccc24)C3)CC1CC#N. The van der Waals surface area contributed by atoms with Crippen molar-refractivity contribution in [2.45, 2.75) is 95.4 Å². The van der Waals surface area contributed by atoms with Crippen molar-refractivity contribution in [1.29, 1.82) is 5.26 Å². The number of hydrogen-bond acceptors (Lipinski definition) is 8. The van der Waals surface area contributed by atoms with Crippen molar-refractivity contribution >= 4 is 30.8 Å². The Morgan fingerprint density at radius 2 is 1.90 bits per heavy atom. The lowest BCUT2D eigenvalue weighted by atomic mass is 9.80. The van der Waals surface area contributed by atoms with Crippen LogP contribution in [0.5, 0.6) is 11.8 Å². The highest BCUT2D eigenvalue weighted by Crippen LogP contribution is 2.43. The Balaban J connectivity index is 1.35. The van der Waals surface area contributed by atoms with Gasteiger partial charge in [0.15, 0.2) is 5.83 Å². The van der Waals surface area contributed by atoms with E-state index in [0.29, 0.717) is 31.7 Å². The Hall–Kier alpha value is -4.01. The maximum atomic E-state index is 13.9. The van der Waals surface area contributed by atoms with Gasteiger partial charge in [0, 0.05) is 31.2 Å². The van der Waals surface area contributed by atoms with Crippen molar-refractivity contribution in [3.8, 4) is 17.8 Å². The van der Waals surface area contributed by atoms with E-state index in [9.17, 15) is 14.4 Å². The lowest BCUT2D eigenvalue weighted by Crippen LogP contribution is -2.55. The van der Waals surface area contributed by atoms with E-state index in [4.69, 9.17) is 19.1 Å². The Kier molecular flexibility index (Phi) is 10.2. The molecule has 11 heteroatoms. The number of amides is 1. The molecule has 2 aliphatic heterocycles. The standard InChI is InChI=1S/C39H51FN6O3Si/c1-26(40)37(47)46-20-19-45(24-29(46)16-17-41)36-33-15-14-28(22-35(33)42-38(43-36)48-25-30-12-10-18-44(30)5)34-23-31(49-50(6,7)39(2,3)4)21-27-11-8-9-13-32(27)34/h8-9,11,13,21,23,28-30H,1,10,12,14-16,18-20,22,24-25H2,2-7H3. The summed E-state index contributed by atoms with van der Waals surface area (Å²) in [4.78, 5) is 28.6. The fourth-order valence-corrected chi connectivity index (χ4v) is 8.45. The largest absolute Gasteiger partial charge is 0.543 e. The third kappa shape index (κ3) is 7.37. The molecule has 3 heterocycles. The minimum absolute atomic E-state index is 0.0739. The third-order valence-electron chi connectivity index (χ3n) is 11.4. The highest BCUT2D eigenvalue weighted by Gasteiger charge is 2.40. The van der Waals surface area contributed by atoms with E-state index in [1.807, 2.05) is 0 Å². The number of carbonyl (C=O) groups is 1. The average Bonchev–Trinajstić information content (AvgIpc) is 3.49. The molecule has 266 valence electrons. The number of anilines is 1. The van der Waals surface area contributed by atoms with Crippen LogP contribution in [0.1, 0.15) is 69.2 Å². The molecule has 3 unspecified atom stereocenters. The Labute approximate surface area is 297 Å². The van der Waals surface area contributed by atoms with Gasteiger partial charge in [0.1, 0.15) is 18.2 Å². The summed E-state index contributed by atoms with van der Waals surface area (Å²) in [5.74, 6) is 0.163. The van der Waals surface area contributed by atoms with Gasteiger partial charge in [0.2, 0.25) is 8.32 Å². The first-order valence-electron chi connectivity index (χ1n) is 18.0. The number of halogens is 1. The van der Waals surface area contributed by atoms with Gasteiger partial charge < -0.3 is 23.9 Å². The van der Waals surface area contributed by atoms with Crippen LogP contribution in [0.3, 0.4) is 0 Å². The lowest BCUT2D eigenvalue weighted by molar-refractivity contribution is -0.131. The van der Waals surface area contributed by atoms with Gasteiger partial charge >= 0.3 is 6.01 Å². The molecule has 9 nitrogen and oxygen atoms in total. The van der Waals surface area contributed by atoms with E-state index < -0.39 is 26.1 Å². The highest BCUT2D eigenvalue weighted by molar-refractivity contribution is 6.74. The number of aromatic nitrogens is 2. The van der Waals surface area contributed by atoms with Crippen LogP contribution >= 0.6 is 0 Å². The Bertz CT molecular complexity index is 1800. The predicted molar refractivity (Wildman–Crippen MR) is 198 cm³/mol. The molecule has 6 rings (SSSR count). The van der Waals surface area contributed by atoms with Gasteiger partial charge in [-0.2, -0.15) is 15.2 Å². The quantitative estimate of drug-likeness (QED) is 0.172. The monoisotopic (exact) mass is 698 g/mol. The smallest absolute Gasteiger partial charge is 0.318 e. The van der Waals surface area contributed by atoms with Gasteiger partial charge in [-0.1, -0.05) is 51.6 Å². The van der Waals surface area contributed by atoms with Gasteiger partial charge in [-0.05, 0) is 98.2 Å². The summed E-state index contributed by atoms with van der Waals surface area (Å²) < 4.78 is 27.1. The molecule has 1 amide bonds. The second kappa shape index (κ2) is 14.3. The van der Waals surface area contributed by atoms with Crippen LogP contribution in [0.15, 0.2) is 48.8 Å². The van der Waals surface area contributed by atoms with Crippen molar-refractivity contribution in [3.63, 3.8) is 0 Å². The van der Waals surface area contributed by atoms with Crippen LogP contribution in [-0.4, -0.2) is 85.9 Å². The molecule has 0 saturated carbocycles. The second-order valence-corrected chi connectivity index (χ2v) is 20.5. The van der Waals surface area contributed by atoms with Crippen molar-refractivity contribution in [3.05, 3.63) is 65.6 Å². The zero-order chi connectivity index (χ0) is 35.8. The van der Waals surface area contributed by atoms with Crippen LogP contribution < -0.4 is 14.1 Å². The van der Waals surface area contributed by atoms with Crippen molar-refractivity contribution in [2.24, 2.45) is 0 Å². The molecule has 3 aromatic rings. The summed E-state index contributed by atoms with van der Waals surface area (Å²) in [6.45, 7) is 17.2. The molecule has 0 N–H and O–H groups in total. The van der Waals surface area contributed by atoms with E-state index in [-0.39, 0.29) is 23.9 Å². The number of carbonyl (C=O) groups excluding carboxylic acids is 1. The summed E-state index contributed by atoms with van der Waals surface area (Å²) in [7, 11) is 0.0558. The van der Waals surface area contributed by atoms with Gasteiger partial charge in [0.25, 0.3) is 5.91 Å². The third-order valence-corrected chi connectivity index (χ3v) is 15.8. The van der Waals surface area contributed by atoms with Crippen LogP contribution in [-0.2, 0) is 17.6 Å². The van der Waals surface area contributed by atoms with Crippen LogP contribution in [0.2, 0.25) is 18.1 Å². The summed E-state index contributed by atoms with van der Waals surface area (Å²) in [5.41, 5.74) is 3.31. The normalized spacial score (nSPS) is 21.5. The number of ether oxygens (including phenoxy) is 1. The van der Waals surface area contributed by atoms with Crippen molar-refractivity contribution in [2.75, 3.05) is 44.7 Å². The minimum atomic E-state index is -2.07. The second-order valence-electron chi connectivity index (χ2n) is 15.7. The number of rotatable bonds is 9. The first-order chi connectivity index (χ1) is 23.8. The lowest BCUT2D eigenvalue weighted by Gasteiger charge is -2.42. The molecule has 1 aliphatic carbocycles. The Morgan fingerprint density at radius 3 is 2.60 bits per heavy atom. The minimum Gasteiger partial charge on any atom is -0.543 e. The number of nitriles is 1. The summed E-state index contributed by atoms with van der Waals surface area (Å²) in [6, 6.07) is 15.4. The van der Waals surface area contributed by atoms with Crippen molar-refractivity contribution in [1.82, 2.24) is 19.8 Å². The topological polar surface area (TPSA) is 94.8 Å². The van der Waals surface area contributed by atoms with E-state index in [1.54, 1.807) is 0 Å². The number of likely N-dealkylation sites (tertiary alicyclic amines) is 1. The number of likely N-dealkylation sites (N-methyl/N-ethyl adjacent to an activating group) is 1. The zero-order valence-corrected chi connectivity index (χ0v) is 31.5. The maximum Gasteiger partial charge on any atom is 0.318 e. The van der Waals surface area contributed by atoms with Crippen molar-refractivity contribution < 1.29 is 18.3 Å². The number of benzene rings is 2. The van der Waals surface area contributed by atoms with Crippen LogP contribution in [0, 0.1) is 11.3 Å². The summed E-state index contributed by atoms with van der Waals surface area (Å²) in [5, 5.41) is 12.1. The fourth-order valence-electron chi connectivity index (χ4n) is 7.43. The molecule has 50 heavy (non-hydrogen) atoms. The summed E-state index contributed by atoms with van der Waals surface area (Å²) in [6.07, 6.45) is 4.70. The molecule has 2 fully saturated rings. The zero-order valence-electron chi connectivity index (χ0n) is 30.5. The van der Waals surface area contributed by atoms with E-state index in [0.717, 1.165) is 61.5 Å². The molecule has 0 spiro atoms. The molecule has 3 atom stereocenters. The molecule has 0 bridgehead atoms. The van der Waals surface area contributed by atoms with Gasteiger partial charge in [0.05, 0.1) is 24.2 Å². The molecule has 2 aromatic carbocycles.